The maximum atomic E-state index is 3.37. The third-order valence-electron chi connectivity index (χ3n) is 3.41. The van der Waals surface area contributed by atoms with E-state index in [1.165, 1.54) is 16.7 Å². The van der Waals surface area contributed by atoms with E-state index in [2.05, 4.69) is 54.4 Å². The Morgan fingerprint density at radius 2 is 1.94 bits per heavy atom. The highest BCUT2D eigenvalue weighted by molar-refractivity contribution is 5.51. The first-order chi connectivity index (χ1) is 8.25. The minimum atomic E-state index is 1.06. The molecule has 1 aromatic rings. The number of aryl methyl sites for hydroxylation is 2. The van der Waals surface area contributed by atoms with Crippen molar-refractivity contribution < 1.29 is 0 Å². The molecule has 0 atom stereocenters. The zero-order valence-corrected chi connectivity index (χ0v) is 10.9. The van der Waals surface area contributed by atoms with E-state index in [9.17, 15) is 0 Å². The van der Waals surface area contributed by atoms with Crippen LogP contribution in [0.5, 0.6) is 0 Å². The van der Waals surface area contributed by atoms with E-state index in [0.717, 1.165) is 32.7 Å². The standard InChI is InChI=1S/C15H22N2/c1-13-5-6-15(12-14(13)2)4-3-9-17-10-7-16-8-11-17/h3-6,12,16H,7-11H2,1-2H3. The summed E-state index contributed by atoms with van der Waals surface area (Å²) in [6.07, 6.45) is 4.50. The van der Waals surface area contributed by atoms with Crippen LogP contribution in [-0.2, 0) is 0 Å². The van der Waals surface area contributed by atoms with E-state index in [0.29, 0.717) is 0 Å². The predicted octanol–water partition coefficient (Wildman–Crippen LogP) is 2.22. The Hall–Kier alpha value is -1.12. The predicted molar refractivity (Wildman–Crippen MR) is 74.3 cm³/mol. The first-order valence-corrected chi connectivity index (χ1v) is 6.42. The summed E-state index contributed by atoms with van der Waals surface area (Å²) in [5.41, 5.74) is 4.04. The summed E-state index contributed by atoms with van der Waals surface area (Å²) in [6.45, 7) is 9.96. The number of benzene rings is 1. The summed E-state index contributed by atoms with van der Waals surface area (Å²) in [6, 6.07) is 6.64. The number of hydrogen-bond donors (Lipinski definition) is 1. The molecular weight excluding hydrogens is 208 g/mol. The lowest BCUT2D eigenvalue weighted by Gasteiger charge is -2.25. The number of nitrogens with one attached hydrogen (secondary N) is 1. The lowest BCUT2D eigenvalue weighted by Crippen LogP contribution is -2.43. The largest absolute Gasteiger partial charge is 0.314 e. The maximum Gasteiger partial charge on any atom is 0.0167 e. The van der Waals surface area contributed by atoms with Crippen molar-refractivity contribution in [1.29, 1.82) is 0 Å². The number of piperazine rings is 1. The molecule has 1 aromatic carbocycles. The summed E-state index contributed by atoms with van der Waals surface area (Å²) in [7, 11) is 0. The van der Waals surface area contributed by atoms with Gasteiger partial charge in [0.2, 0.25) is 0 Å². The zero-order valence-electron chi connectivity index (χ0n) is 10.9. The number of hydrogen-bond acceptors (Lipinski definition) is 2. The van der Waals surface area contributed by atoms with Crippen LogP contribution in [0.4, 0.5) is 0 Å². The summed E-state index contributed by atoms with van der Waals surface area (Å²) in [5.74, 6) is 0. The fourth-order valence-corrected chi connectivity index (χ4v) is 2.10. The molecule has 0 amide bonds. The molecule has 0 saturated carbocycles. The van der Waals surface area contributed by atoms with Crippen LogP contribution >= 0.6 is 0 Å². The molecule has 2 nitrogen and oxygen atoms in total. The summed E-state index contributed by atoms with van der Waals surface area (Å²) >= 11 is 0. The average molecular weight is 230 g/mol. The van der Waals surface area contributed by atoms with E-state index in [-0.39, 0.29) is 0 Å². The molecule has 0 unspecified atom stereocenters. The van der Waals surface area contributed by atoms with Crippen molar-refractivity contribution in [2.75, 3.05) is 32.7 Å². The molecule has 1 fully saturated rings. The third-order valence-corrected chi connectivity index (χ3v) is 3.41. The van der Waals surface area contributed by atoms with Crippen molar-refractivity contribution in [3.8, 4) is 0 Å². The van der Waals surface area contributed by atoms with Crippen LogP contribution in [0.1, 0.15) is 16.7 Å². The molecule has 0 aliphatic carbocycles. The first kappa shape index (κ1) is 12.3. The summed E-state index contributed by atoms with van der Waals surface area (Å²) in [4.78, 5) is 2.48. The van der Waals surface area contributed by atoms with Crippen LogP contribution in [-0.4, -0.2) is 37.6 Å². The van der Waals surface area contributed by atoms with Gasteiger partial charge in [-0.2, -0.15) is 0 Å². The SMILES string of the molecule is Cc1ccc(C=CCN2CCNCC2)cc1C. The van der Waals surface area contributed by atoms with Crippen LogP contribution in [0.25, 0.3) is 6.08 Å². The highest BCUT2D eigenvalue weighted by atomic mass is 15.2. The monoisotopic (exact) mass is 230 g/mol. The molecule has 1 aliphatic rings. The lowest BCUT2D eigenvalue weighted by molar-refractivity contribution is 0.265. The minimum Gasteiger partial charge on any atom is -0.314 e. The fourth-order valence-electron chi connectivity index (χ4n) is 2.10. The van der Waals surface area contributed by atoms with Gasteiger partial charge < -0.3 is 5.32 Å². The molecule has 0 radical (unpaired) electrons. The Morgan fingerprint density at radius 1 is 1.18 bits per heavy atom. The van der Waals surface area contributed by atoms with Crippen molar-refractivity contribution in [2.24, 2.45) is 0 Å². The van der Waals surface area contributed by atoms with Crippen molar-refractivity contribution in [1.82, 2.24) is 10.2 Å². The summed E-state index contributed by atoms with van der Waals surface area (Å²) in [5, 5.41) is 3.37. The zero-order chi connectivity index (χ0) is 12.1. The second kappa shape index (κ2) is 5.99. The fraction of sp³-hybridized carbons (Fsp3) is 0.467. The Kier molecular flexibility index (Phi) is 4.35. The van der Waals surface area contributed by atoms with Gasteiger partial charge in [0.1, 0.15) is 0 Å². The van der Waals surface area contributed by atoms with Gasteiger partial charge >= 0.3 is 0 Å². The molecule has 1 aliphatic heterocycles. The van der Waals surface area contributed by atoms with Gasteiger partial charge in [0.25, 0.3) is 0 Å². The molecule has 0 aromatic heterocycles. The third kappa shape index (κ3) is 3.69. The molecular formula is C15H22N2. The van der Waals surface area contributed by atoms with Crippen LogP contribution in [0, 0.1) is 13.8 Å². The number of rotatable bonds is 3. The maximum absolute atomic E-state index is 3.37. The van der Waals surface area contributed by atoms with Crippen LogP contribution in [0.2, 0.25) is 0 Å². The highest BCUT2D eigenvalue weighted by Crippen LogP contribution is 2.11. The average Bonchev–Trinajstić information content (AvgIpc) is 2.35. The molecule has 17 heavy (non-hydrogen) atoms. The topological polar surface area (TPSA) is 15.3 Å². The van der Waals surface area contributed by atoms with Crippen LogP contribution in [0.3, 0.4) is 0 Å². The molecule has 0 spiro atoms. The Labute approximate surface area is 104 Å². The van der Waals surface area contributed by atoms with Crippen molar-refractivity contribution in [3.63, 3.8) is 0 Å². The van der Waals surface area contributed by atoms with Gasteiger partial charge in [-0.1, -0.05) is 30.4 Å². The molecule has 1 saturated heterocycles. The van der Waals surface area contributed by atoms with Gasteiger partial charge in [-0.15, -0.1) is 0 Å². The van der Waals surface area contributed by atoms with E-state index in [1.807, 2.05) is 0 Å². The Bertz CT molecular complexity index is 390. The summed E-state index contributed by atoms with van der Waals surface area (Å²) < 4.78 is 0. The van der Waals surface area contributed by atoms with Gasteiger partial charge in [-0.05, 0) is 30.5 Å². The van der Waals surface area contributed by atoms with Crippen LogP contribution < -0.4 is 5.32 Å². The van der Waals surface area contributed by atoms with Gasteiger partial charge in [-0.3, -0.25) is 4.90 Å². The second-order valence-electron chi connectivity index (χ2n) is 4.80. The Balaban J connectivity index is 1.88. The molecule has 92 valence electrons. The Morgan fingerprint density at radius 3 is 2.65 bits per heavy atom. The van der Waals surface area contributed by atoms with E-state index < -0.39 is 0 Å². The molecule has 2 heteroatoms. The van der Waals surface area contributed by atoms with E-state index >= 15 is 0 Å². The van der Waals surface area contributed by atoms with Crippen molar-refractivity contribution in [3.05, 3.63) is 41.0 Å². The normalized spacial score (nSPS) is 17.8. The minimum absolute atomic E-state index is 1.06. The van der Waals surface area contributed by atoms with Crippen LogP contribution in [0.15, 0.2) is 24.3 Å². The second-order valence-corrected chi connectivity index (χ2v) is 4.80. The van der Waals surface area contributed by atoms with Gasteiger partial charge in [0.05, 0.1) is 0 Å². The van der Waals surface area contributed by atoms with Gasteiger partial charge in [0, 0.05) is 32.7 Å². The van der Waals surface area contributed by atoms with Crippen molar-refractivity contribution in [2.45, 2.75) is 13.8 Å². The molecule has 2 rings (SSSR count). The molecule has 0 bridgehead atoms. The first-order valence-electron chi connectivity index (χ1n) is 6.42. The van der Waals surface area contributed by atoms with E-state index in [4.69, 9.17) is 0 Å². The molecule has 1 N–H and O–H groups in total. The van der Waals surface area contributed by atoms with Crippen molar-refractivity contribution >= 4 is 6.08 Å². The van der Waals surface area contributed by atoms with Gasteiger partial charge in [0.15, 0.2) is 0 Å². The quantitative estimate of drug-likeness (QED) is 0.856. The smallest absolute Gasteiger partial charge is 0.0167 e. The highest BCUT2D eigenvalue weighted by Gasteiger charge is 2.06. The molecule has 1 heterocycles. The lowest BCUT2D eigenvalue weighted by atomic mass is 10.1. The van der Waals surface area contributed by atoms with Gasteiger partial charge in [-0.25, -0.2) is 0 Å². The van der Waals surface area contributed by atoms with E-state index in [1.54, 1.807) is 0 Å². The number of nitrogens with zero attached hydrogens (tertiary/aromatic N) is 1.